The molecule has 28 nitrogen and oxygen atoms in total. The van der Waals surface area contributed by atoms with Gasteiger partial charge in [-0.1, -0.05) is 129 Å². The van der Waals surface area contributed by atoms with E-state index in [-0.39, 0.29) is 57.1 Å². The Labute approximate surface area is 629 Å². The number of amides is 11. The van der Waals surface area contributed by atoms with Crippen molar-refractivity contribution in [3.05, 3.63) is 71.8 Å². The topological polar surface area (TPSA) is 350 Å². The average Bonchev–Trinajstić information content (AvgIpc) is 0.815. The first-order chi connectivity index (χ1) is 49.7. The maximum Gasteiger partial charge on any atom is 0.248 e. The monoisotopic (exact) mass is 1490 g/mol. The van der Waals surface area contributed by atoms with E-state index in [0.29, 0.717) is 49.9 Å². The highest BCUT2D eigenvalue weighted by molar-refractivity contribution is 5.99. The SMILES string of the molecule is CCCCN1CC(=O)N(C)[C@@H](C(C)C)C(=O)N[C@@H](COC(C)(C)C)C(=O)N(C)[C@@H](Cc2ccccc2)C(=O)N(C)C(CC(C)C)C(=O)N[C@H](C(=O)N2CCCCC2)CC(O)N[C@H](C(C)C)C(=O)N(C)[C@@H](Cc2ccccc2)C(=O)N[C@@H](COCC[C@H](C)O)C(=O)N(C)[C@@H](CC(C)C)C(=O)N[C@@H]([C@@H](C)O)C1=O. The summed E-state index contributed by atoms with van der Waals surface area (Å²) in [6.45, 7) is 23.2. The number of carbonyl (C=O) groups is 11. The van der Waals surface area contributed by atoms with Crippen molar-refractivity contribution in [2.45, 2.75) is 252 Å². The lowest BCUT2D eigenvalue weighted by molar-refractivity contribution is -0.152. The van der Waals surface area contributed by atoms with Gasteiger partial charge in [-0.05, 0) is 114 Å². The minimum absolute atomic E-state index is 0.00383. The zero-order valence-corrected chi connectivity index (χ0v) is 66.6. The highest BCUT2D eigenvalue weighted by Crippen LogP contribution is 2.24. The van der Waals surface area contributed by atoms with Crippen molar-refractivity contribution < 1.29 is 77.5 Å². The van der Waals surface area contributed by atoms with Gasteiger partial charge in [-0.15, -0.1) is 0 Å². The zero-order valence-electron chi connectivity index (χ0n) is 66.6. The Morgan fingerprint density at radius 2 is 1.04 bits per heavy atom. The molecule has 0 saturated carbocycles. The molecule has 2 aliphatic rings. The van der Waals surface area contributed by atoms with E-state index in [1.165, 1.54) is 61.8 Å². The van der Waals surface area contributed by atoms with Crippen LogP contribution in [0.25, 0.3) is 0 Å². The van der Waals surface area contributed by atoms with Gasteiger partial charge in [0.15, 0.2) is 0 Å². The highest BCUT2D eigenvalue weighted by atomic mass is 16.5. The number of ether oxygens (including phenoxy) is 2. The number of nitrogens with one attached hydrogen (secondary N) is 5. The lowest BCUT2D eigenvalue weighted by atomic mass is 9.97. The molecule has 2 unspecified atom stereocenters. The fourth-order valence-electron chi connectivity index (χ4n) is 13.1. The molecule has 2 aliphatic heterocycles. The van der Waals surface area contributed by atoms with Crippen molar-refractivity contribution in [1.29, 1.82) is 0 Å². The van der Waals surface area contributed by atoms with Crippen LogP contribution in [0.15, 0.2) is 60.7 Å². The molecular weight excluding hydrogens is 1360 g/mol. The first-order valence-corrected chi connectivity index (χ1v) is 37.9. The van der Waals surface area contributed by atoms with E-state index in [4.69, 9.17) is 9.47 Å². The first-order valence-electron chi connectivity index (χ1n) is 37.9. The second-order valence-electron chi connectivity index (χ2n) is 31.4. The molecular formula is C78H128N12O16. The van der Waals surface area contributed by atoms with Crippen molar-refractivity contribution >= 4 is 65.0 Å². The van der Waals surface area contributed by atoms with Crippen molar-refractivity contribution in [3.8, 4) is 0 Å². The minimum Gasteiger partial charge on any atom is -0.393 e. The van der Waals surface area contributed by atoms with E-state index in [2.05, 4.69) is 26.6 Å². The zero-order chi connectivity index (χ0) is 79.6. The summed E-state index contributed by atoms with van der Waals surface area (Å²) in [7, 11) is 6.98. The standard InChI is InChI=1S/C78H128N12O16/c1-20-21-36-90-45-64(94)88(19)67(51(8)9)71(98)81-58(47-106-78(12,13)14)73(100)87(18)62(43-55-33-27-23-28-34-55)75(102)85(16)59(40-48(2)3)68(95)79-56(74(101)89-37-29-24-30-38-89)44-63(93)82-65(50(6)7)76(103)86(17)61(42-54-31-25-22-26-32-54)69(96)80-57(46-105-39-35-52(10)91)72(99)84(15)60(41-49(4)5)70(97)83-66(53(11)92)77(90)104/h22-23,25-28,31-34,48-53,56-63,65-67,82,91-93H,20-21,24,29-30,35-47H2,1-19H3,(H,79,95)(H,80,96)(H,81,98)(H,83,97)/t52-,53+,56-,57-,58-,59?,60-,61-,62-,63?,65+,66-,67-/m0/s1. The summed E-state index contributed by atoms with van der Waals surface area (Å²) in [5.41, 5.74) is 0.386. The molecule has 2 aromatic carbocycles. The van der Waals surface area contributed by atoms with Gasteiger partial charge < -0.3 is 80.4 Å². The molecule has 2 aromatic rings. The second kappa shape index (κ2) is 43.4. The number of piperidine rings is 1. The van der Waals surface area contributed by atoms with Gasteiger partial charge in [-0.25, -0.2) is 0 Å². The van der Waals surface area contributed by atoms with Gasteiger partial charge in [0.2, 0.25) is 65.0 Å². The van der Waals surface area contributed by atoms with Gasteiger partial charge in [0.25, 0.3) is 0 Å². The summed E-state index contributed by atoms with van der Waals surface area (Å²) in [4.78, 5) is 176. The quantitative estimate of drug-likeness (QED) is 0.0784. The number of hydrogen-bond donors (Lipinski definition) is 8. The number of aliphatic hydroxyl groups is 3. The van der Waals surface area contributed by atoms with Gasteiger partial charge >= 0.3 is 0 Å². The maximum absolute atomic E-state index is 15.7. The molecule has 2 saturated heterocycles. The number of unbranched alkanes of at least 4 members (excludes halogenated alkanes) is 1. The molecule has 0 spiro atoms. The Morgan fingerprint density at radius 3 is 1.53 bits per heavy atom. The number of nitrogens with zero attached hydrogens (tertiary/aromatic N) is 7. The molecule has 2 heterocycles. The number of benzene rings is 2. The summed E-state index contributed by atoms with van der Waals surface area (Å²) in [5.74, 6) is -10.0. The third-order valence-electron chi connectivity index (χ3n) is 19.5. The normalized spacial score (nSPS) is 25.5. The largest absolute Gasteiger partial charge is 0.393 e. The van der Waals surface area contributed by atoms with Crippen LogP contribution in [0.5, 0.6) is 0 Å². The molecule has 0 bridgehead atoms. The van der Waals surface area contributed by atoms with Gasteiger partial charge in [-0.2, -0.15) is 0 Å². The molecule has 0 radical (unpaired) electrons. The van der Waals surface area contributed by atoms with Crippen molar-refractivity contribution in [1.82, 2.24) is 60.9 Å². The maximum atomic E-state index is 15.7. The van der Waals surface area contributed by atoms with Crippen LogP contribution in [0, 0.1) is 23.7 Å². The van der Waals surface area contributed by atoms with Gasteiger partial charge in [-0.3, -0.25) is 58.1 Å². The summed E-state index contributed by atoms with van der Waals surface area (Å²) >= 11 is 0. The Morgan fingerprint density at radius 1 is 0.557 bits per heavy atom. The Hall–Kier alpha value is -7.63. The average molecular weight is 1490 g/mol. The Bertz CT molecular complexity index is 3160. The number of hydrogen-bond acceptors (Lipinski definition) is 17. The molecule has 8 N–H and O–H groups in total. The van der Waals surface area contributed by atoms with Crippen LogP contribution in [0.1, 0.15) is 166 Å². The van der Waals surface area contributed by atoms with E-state index in [0.717, 1.165) is 16.2 Å². The fourth-order valence-corrected chi connectivity index (χ4v) is 13.1. The van der Waals surface area contributed by atoms with E-state index in [9.17, 15) is 29.7 Å². The molecule has 2 fully saturated rings. The molecule has 106 heavy (non-hydrogen) atoms. The van der Waals surface area contributed by atoms with E-state index < -0.39 is 187 Å². The van der Waals surface area contributed by atoms with E-state index >= 15 is 38.4 Å². The van der Waals surface area contributed by atoms with Crippen molar-refractivity contribution in [3.63, 3.8) is 0 Å². The Kier molecular flexibility index (Phi) is 37.1. The summed E-state index contributed by atoms with van der Waals surface area (Å²) in [5, 5.41) is 48.3. The number of aliphatic hydroxyl groups excluding tert-OH is 3. The van der Waals surface area contributed by atoms with Crippen LogP contribution >= 0.6 is 0 Å². The third kappa shape index (κ3) is 27.9. The van der Waals surface area contributed by atoms with Gasteiger partial charge in [0, 0.05) is 80.7 Å². The predicted octanol–water partition coefficient (Wildman–Crippen LogP) is 3.26. The second-order valence-corrected chi connectivity index (χ2v) is 31.4. The molecule has 0 aliphatic carbocycles. The fraction of sp³-hybridized carbons (Fsp3) is 0.705. The van der Waals surface area contributed by atoms with E-state index in [1.54, 1.807) is 135 Å². The molecule has 4 rings (SSSR count). The molecule has 11 amide bonds. The summed E-state index contributed by atoms with van der Waals surface area (Å²) in [6, 6.07) is 3.56. The number of rotatable bonds is 22. The minimum atomic E-state index is -1.70. The highest BCUT2D eigenvalue weighted by Gasteiger charge is 2.44. The number of likely N-dealkylation sites (N-methyl/N-ethyl adjacent to an activating group) is 5. The van der Waals surface area contributed by atoms with Gasteiger partial charge in [0.05, 0.1) is 43.6 Å². The number of likely N-dealkylation sites (tertiary alicyclic amines) is 1. The van der Waals surface area contributed by atoms with Crippen LogP contribution in [-0.4, -0.2) is 280 Å². The van der Waals surface area contributed by atoms with Crippen LogP contribution in [0.4, 0.5) is 0 Å². The smallest absolute Gasteiger partial charge is 0.248 e. The lowest BCUT2D eigenvalue weighted by Crippen LogP contribution is -2.63. The van der Waals surface area contributed by atoms with Crippen molar-refractivity contribution in [2.75, 3.05) is 81.2 Å². The van der Waals surface area contributed by atoms with Crippen LogP contribution < -0.4 is 26.6 Å². The molecule has 596 valence electrons. The van der Waals surface area contributed by atoms with Crippen LogP contribution in [0.2, 0.25) is 0 Å². The first kappa shape index (κ1) is 90.8. The predicted molar refractivity (Wildman–Crippen MR) is 403 cm³/mol. The lowest BCUT2D eigenvalue weighted by Gasteiger charge is -2.38. The van der Waals surface area contributed by atoms with Gasteiger partial charge in [0.1, 0.15) is 60.6 Å². The number of carbonyl (C=O) groups excluding carboxylic acids is 11. The van der Waals surface area contributed by atoms with Crippen LogP contribution in [-0.2, 0) is 75.1 Å². The van der Waals surface area contributed by atoms with Crippen molar-refractivity contribution in [2.24, 2.45) is 23.7 Å². The van der Waals surface area contributed by atoms with E-state index in [1.807, 2.05) is 20.8 Å². The molecule has 28 heteroatoms. The molecule has 13 atom stereocenters. The van der Waals surface area contributed by atoms with Crippen LogP contribution in [0.3, 0.4) is 0 Å². The summed E-state index contributed by atoms with van der Waals surface area (Å²) in [6.07, 6.45) is -1.39. The molecule has 0 aromatic heterocycles. The summed E-state index contributed by atoms with van der Waals surface area (Å²) < 4.78 is 12.2. The third-order valence-corrected chi connectivity index (χ3v) is 19.5. The Balaban J connectivity index is 2.03.